The second kappa shape index (κ2) is 6.65. The summed E-state index contributed by atoms with van der Waals surface area (Å²) in [6.45, 7) is 8.80. The van der Waals surface area contributed by atoms with Crippen LogP contribution in [0.5, 0.6) is 0 Å². The van der Waals surface area contributed by atoms with Crippen molar-refractivity contribution in [1.29, 1.82) is 0 Å². The Labute approximate surface area is 132 Å². The van der Waals surface area contributed by atoms with E-state index in [-0.39, 0.29) is 17.7 Å². The lowest BCUT2D eigenvalue weighted by Gasteiger charge is -2.38. The number of aromatic amines is 1. The third-order valence-corrected chi connectivity index (χ3v) is 4.72. The maximum absolute atomic E-state index is 13.0. The summed E-state index contributed by atoms with van der Waals surface area (Å²) in [5, 5.41) is 0. The molecule has 0 spiro atoms. The number of Topliss-reactive ketones (excluding diaryl/α,β-unsaturated/α-hetero) is 1. The van der Waals surface area contributed by atoms with Crippen molar-refractivity contribution in [1.82, 2.24) is 9.88 Å². The molecule has 0 saturated carbocycles. The second-order valence-electron chi connectivity index (χ2n) is 6.41. The third-order valence-electron chi connectivity index (χ3n) is 4.72. The Morgan fingerprint density at radius 1 is 1.41 bits per heavy atom. The van der Waals surface area contributed by atoms with E-state index in [1.54, 1.807) is 6.92 Å². The molecule has 1 saturated heterocycles. The molecule has 1 fully saturated rings. The molecule has 5 heteroatoms. The molecule has 2 unspecified atom stereocenters. The van der Waals surface area contributed by atoms with Crippen molar-refractivity contribution in [2.24, 2.45) is 11.7 Å². The molecule has 1 amide bonds. The molecule has 5 nitrogen and oxygen atoms in total. The summed E-state index contributed by atoms with van der Waals surface area (Å²) in [5.41, 5.74) is 8.72. The molecule has 0 aliphatic carbocycles. The van der Waals surface area contributed by atoms with Crippen LogP contribution in [-0.2, 0) is 6.42 Å². The number of aromatic nitrogens is 1. The van der Waals surface area contributed by atoms with Crippen LogP contribution in [0.25, 0.3) is 0 Å². The summed E-state index contributed by atoms with van der Waals surface area (Å²) in [6, 6.07) is 0.0883. The number of nitrogens with zero attached hydrogens (tertiary/aromatic N) is 1. The fourth-order valence-corrected chi connectivity index (χ4v) is 3.58. The Morgan fingerprint density at radius 2 is 2.09 bits per heavy atom. The quantitative estimate of drug-likeness (QED) is 0.838. The maximum atomic E-state index is 13.0. The third kappa shape index (κ3) is 2.95. The minimum absolute atomic E-state index is 0.00675. The monoisotopic (exact) mass is 305 g/mol. The molecule has 1 aromatic heterocycles. The molecule has 2 atom stereocenters. The summed E-state index contributed by atoms with van der Waals surface area (Å²) in [6.07, 6.45) is 2.61. The van der Waals surface area contributed by atoms with E-state index in [2.05, 4.69) is 11.9 Å². The molecular formula is C17H27N3O2. The van der Waals surface area contributed by atoms with Gasteiger partial charge in [-0.2, -0.15) is 0 Å². The van der Waals surface area contributed by atoms with Gasteiger partial charge in [-0.25, -0.2) is 0 Å². The minimum Gasteiger partial charge on any atom is -0.354 e. The van der Waals surface area contributed by atoms with E-state index < -0.39 is 0 Å². The SMILES string of the molecule is CCc1c(C(=O)N2CCC(C)CC2CN)[nH]c(C)c1C(C)=O. The lowest BCUT2D eigenvalue weighted by molar-refractivity contribution is 0.0567. The summed E-state index contributed by atoms with van der Waals surface area (Å²) in [5.74, 6) is 0.587. The average Bonchev–Trinajstić information content (AvgIpc) is 2.83. The summed E-state index contributed by atoms with van der Waals surface area (Å²) in [7, 11) is 0. The van der Waals surface area contributed by atoms with Gasteiger partial charge in [-0.3, -0.25) is 9.59 Å². The van der Waals surface area contributed by atoms with Crippen molar-refractivity contribution >= 4 is 11.7 Å². The highest BCUT2D eigenvalue weighted by Gasteiger charge is 2.32. The summed E-state index contributed by atoms with van der Waals surface area (Å²) >= 11 is 0. The van der Waals surface area contributed by atoms with E-state index in [9.17, 15) is 9.59 Å². The zero-order valence-corrected chi connectivity index (χ0v) is 14.0. The molecule has 1 aliphatic rings. The van der Waals surface area contributed by atoms with E-state index in [1.807, 2.05) is 18.7 Å². The fraction of sp³-hybridized carbons (Fsp3) is 0.647. The van der Waals surface area contributed by atoms with Crippen molar-refractivity contribution in [3.05, 3.63) is 22.5 Å². The lowest BCUT2D eigenvalue weighted by Crippen LogP contribution is -2.49. The first-order valence-electron chi connectivity index (χ1n) is 8.14. The highest BCUT2D eigenvalue weighted by Crippen LogP contribution is 2.27. The number of rotatable bonds is 4. The van der Waals surface area contributed by atoms with Gasteiger partial charge in [0.15, 0.2) is 5.78 Å². The Hall–Kier alpha value is -1.62. The van der Waals surface area contributed by atoms with E-state index in [0.29, 0.717) is 30.1 Å². The first kappa shape index (κ1) is 16.7. The average molecular weight is 305 g/mol. The standard InChI is InChI=1S/C17H27N3O2/c1-5-14-15(12(4)21)11(3)19-16(14)17(22)20-7-6-10(2)8-13(20)9-18/h10,13,19H,5-9,18H2,1-4H3. The molecule has 2 heterocycles. The number of amides is 1. The Morgan fingerprint density at radius 3 is 2.64 bits per heavy atom. The van der Waals surface area contributed by atoms with Gasteiger partial charge in [-0.15, -0.1) is 0 Å². The van der Waals surface area contributed by atoms with Crippen LogP contribution < -0.4 is 5.73 Å². The molecular weight excluding hydrogens is 278 g/mol. The second-order valence-corrected chi connectivity index (χ2v) is 6.41. The van der Waals surface area contributed by atoms with Gasteiger partial charge in [0.2, 0.25) is 0 Å². The zero-order chi connectivity index (χ0) is 16.4. The van der Waals surface area contributed by atoms with Gasteiger partial charge in [0, 0.05) is 30.4 Å². The van der Waals surface area contributed by atoms with Crippen molar-refractivity contribution in [3.8, 4) is 0 Å². The molecule has 3 N–H and O–H groups in total. The Balaban J connectivity index is 2.37. The number of carbonyl (C=O) groups excluding carboxylic acids is 2. The van der Waals surface area contributed by atoms with E-state index in [1.165, 1.54) is 0 Å². The van der Waals surface area contributed by atoms with Gasteiger partial charge in [0.25, 0.3) is 5.91 Å². The number of likely N-dealkylation sites (tertiary alicyclic amines) is 1. The molecule has 1 aromatic rings. The van der Waals surface area contributed by atoms with Crippen LogP contribution in [-0.4, -0.2) is 40.7 Å². The van der Waals surface area contributed by atoms with Crippen molar-refractivity contribution in [3.63, 3.8) is 0 Å². The number of hydrogen-bond acceptors (Lipinski definition) is 3. The van der Waals surface area contributed by atoms with Crippen LogP contribution in [0.1, 0.15) is 65.7 Å². The number of aryl methyl sites for hydroxylation is 1. The van der Waals surface area contributed by atoms with Gasteiger partial charge in [0.1, 0.15) is 5.69 Å². The van der Waals surface area contributed by atoms with Crippen LogP contribution >= 0.6 is 0 Å². The van der Waals surface area contributed by atoms with Crippen LogP contribution in [0.15, 0.2) is 0 Å². The van der Waals surface area contributed by atoms with Gasteiger partial charge in [-0.05, 0) is 44.6 Å². The Bertz CT molecular complexity index is 577. The number of nitrogens with two attached hydrogens (primary N) is 1. The van der Waals surface area contributed by atoms with Crippen LogP contribution in [0.2, 0.25) is 0 Å². The van der Waals surface area contributed by atoms with Crippen LogP contribution in [0.4, 0.5) is 0 Å². The normalized spacial score (nSPS) is 22.0. The van der Waals surface area contributed by atoms with E-state index in [0.717, 1.165) is 30.6 Å². The first-order chi connectivity index (χ1) is 10.4. The van der Waals surface area contributed by atoms with Gasteiger partial charge in [0.05, 0.1) is 0 Å². The van der Waals surface area contributed by atoms with Crippen molar-refractivity contribution in [2.75, 3.05) is 13.1 Å². The number of nitrogens with one attached hydrogen (secondary N) is 1. The molecule has 1 aliphatic heterocycles. The van der Waals surface area contributed by atoms with Crippen LogP contribution in [0.3, 0.4) is 0 Å². The fourth-order valence-electron chi connectivity index (χ4n) is 3.58. The topological polar surface area (TPSA) is 79.2 Å². The van der Waals surface area contributed by atoms with Gasteiger partial charge < -0.3 is 15.6 Å². The predicted octanol–water partition coefficient (Wildman–Crippen LogP) is 2.29. The smallest absolute Gasteiger partial charge is 0.270 e. The summed E-state index contributed by atoms with van der Waals surface area (Å²) < 4.78 is 0. The molecule has 122 valence electrons. The van der Waals surface area contributed by atoms with Gasteiger partial charge in [-0.1, -0.05) is 13.8 Å². The molecule has 0 radical (unpaired) electrons. The molecule has 2 rings (SSSR count). The van der Waals surface area contributed by atoms with Crippen molar-refractivity contribution in [2.45, 2.75) is 53.0 Å². The number of hydrogen-bond donors (Lipinski definition) is 2. The zero-order valence-electron chi connectivity index (χ0n) is 14.0. The highest BCUT2D eigenvalue weighted by molar-refractivity contribution is 6.02. The maximum Gasteiger partial charge on any atom is 0.270 e. The van der Waals surface area contributed by atoms with Crippen LogP contribution in [0, 0.1) is 12.8 Å². The largest absolute Gasteiger partial charge is 0.354 e. The molecule has 22 heavy (non-hydrogen) atoms. The Kier molecular flexibility index (Phi) is 5.06. The van der Waals surface area contributed by atoms with E-state index >= 15 is 0 Å². The first-order valence-corrected chi connectivity index (χ1v) is 8.14. The van der Waals surface area contributed by atoms with Gasteiger partial charge >= 0.3 is 0 Å². The summed E-state index contributed by atoms with van der Waals surface area (Å²) in [4.78, 5) is 29.9. The number of piperidine rings is 1. The minimum atomic E-state index is -0.0187. The molecule has 0 aromatic carbocycles. The highest BCUT2D eigenvalue weighted by atomic mass is 16.2. The van der Waals surface area contributed by atoms with E-state index in [4.69, 9.17) is 5.73 Å². The number of carbonyl (C=O) groups is 2. The lowest BCUT2D eigenvalue weighted by atomic mass is 9.92. The van der Waals surface area contributed by atoms with Crippen molar-refractivity contribution < 1.29 is 9.59 Å². The predicted molar refractivity (Wildman–Crippen MR) is 87.2 cm³/mol. The number of H-pyrrole nitrogens is 1. The molecule has 0 bridgehead atoms. The number of ketones is 1.